The van der Waals surface area contributed by atoms with Crippen LogP contribution in [-0.2, 0) is 32.0 Å². The molecule has 0 aliphatic heterocycles. The summed E-state index contributed by atoms with van der Waals surface area (Å²) in [5.74, 6) is -3.68. The van der Waals surface area contributed by atoms with E-state index >= 15 is 0 Å². The number of nitrogens with two attached hydrogens (primary N) is 3. The Morgan fingerprint density at radius 3 is 1.94 bits per heavy atom. The van der Waals surface area contributed by atoms with Crippen molar-refractivity contribution >= 4 is 46.5 Å². The molecular weight excluding hydrogens is 618 g/mol. The normalized spacial score (nSPS) is 13.4. The Morgan fingerprint density at radius 2 is 1.29 bits per heavy atom. The molecule has 0 aliphatic carbocycles. The van der Waals surface area contributed by atoms with Crippen LogP contribution < -0.4 is 43.8 Å². The first-order chi connectivity index (χ1) is 22.9. The van der Waals surface area contributed by atoms with Gasteiger partial charge in [0.25, 0.3) is 0 Å². The van der Waals surface area contributed by atoms with Crippen molar-refractivity contribution in [2.45, 2.75) is 62.7 Å². The van der Waals surface area contributed by atoms with Crippen LogP contribution in [0, 0.1) is 10.8 Å². The summed E-state index contributed by atoms with van der Waals surface area (Å²) in [6.45, 7) is 0.566. The third-order valence-electron chi connectivity index (χ3n) is 7.59. The maximum Gasteiger partial charge on any atom is 0.326 e. The minimum absolute atomic E-state index is 0.0214. The van der Waals surface area contributed by atoms with Gasteiger partial charge in [-0.15, -0.1) is 0 Å². The molecule has 258 valence electrons. The molecule has 3 aromatic rings. The number of aliphatic carboxylic acids is 1. The van der Waals surface area contributed by atoms with Crippen LogP contribution in [0.3, 0.4) is 0 Å². The molecule has 0 aliphatic rings. The van der Waals surface area contributed by atoms with Gasteiger partial charge in [0, 0.05) is 43.0 Å². The second-order valence-electron chi connectivity index (χ2n) is 11.3. The van der Waals surface area contributed by atoms with Gasteiger partial charge in [-0.25, -0.2) is 4.79 Å². The summed E-state index contributed by atoms with van der Waals surface area (Å²) in [6.07, 6.45) is 2.89. The molecule has 1 aromatic heterocycles. The number of H-pyrrole nitrogens is 1. The predicted molar refractivity (Wildman–Crippen MR) is 182 cm³/mol. The number of hydrogen-bond acceptors (Lipinski definition) is 7. The number of aromatic amines is 1. The number of hydrogen-bond donors (Lipinski definition) is 12. The summed E-state index contributed by atoms with van der Waals surface area (Å²) in [5.41, 5.74) is 19.1. The number of aromatic nitrogens is 1. The highest BCUT2D eigenvalue weighted by Crippen LogP contribution is 2.19. The van der Waals surface area contributed by atoms with Crippen LogP contribution in [-0.4, -0.2) is 83.0 Å². The molecule has 16 nitrogen and oxygen atoms in total. The Kier molecular flexibility index (Phi) is 14.2. The predicted octanol–water partition coefficient (Wildman–Crippen LogP) is -0.654. The first-order valence-corrected chi connectivity index (χ1v) is 15.6. The number of benzene rings is 2. The number of carbonyl (C=O) groups excluding carboxylic acids is 3. The minimum atomic E-state index is -1.27. The topological polar surface area (TPSA) is 290 Å². The van der Waals surface area contributed by atoms with Crippen LogP contribution in [0.1, 0.15) is 36.8 Å². The van der Waals surface area contributed by atoms with Crippen LogP contribution in [0.25, 0.3) is 10.9 Å². The maximum atomic E-state index is 13.9. The maximum absolute atomic E-state index is 13.9. The zero-order chi connectivity index (χ0) is 35.1. The average molecular weight is 664 g/mol. The number of carbonyl (C=O) groups is 4. The molecule has 0 fully saturated rings. The van der Waals surface area contributed by atoms with Gasteiger partial charge in [0.1, 0.15) is 18.1 Å². The number of amides is 3. The van der Waals surface area contributed by atoms with Crippen molar-refractivity contribution in [3.63, 3.8) is 0 Å². The number of carboxylic acid groups (broad SMARTS) is 1. The summed E-state index contributed by atoms with van der Waals surface area (Å²) in [6, 6.07) is 11.7. The van der Waals surface area contributed by atoms with Gasteiger partial charge < -0.3 is 53.9 Å². The Morgan fingerprint density at radius 1 is 0.729 bits per heavy atom. The van der Waals surface area contributed by atoms with Crippen LogP contribution in [0.5, 0.6) is 0 Å². The molecule has 3 amide bonds. The monoisotopic (exact) mass is 663 g/mol. The number of fused-ring (bicyclic) bond motifs is 1. The van der Waals surface area contributed by atoms with Crippen LogP contribution >= 0.6 is 0 Å². The SMILES string of the molecule is N=C(N)NCCC[C@H](NC(=O)[C@H](Cc1c[nH]c2ccccc12)NC(=O)[C@@H](N)CCCNC(=N)N)C(=O)N[C@@H](Cc1ccccc1)C(=O)O. The molecule has 16 heteroatoms. The molecule has 0 bridgehead atoms. The van der Waals surface area contributed by atoms with Crippen LogP contribution in [0.15, 0.2) is 60.8 Å². The van der Waals surface area contributed by atoms with E-state index < -0.39 is 47.9 Å². The van der Waals surface area contributed by atoms with Gasteiger partial charge in [-0.2, -0.15) is 0 Å². The number of guanidine groups is 2. The van der Waals surface area contributed by atoms with E-state index in [1.165, 1.54) is 0 Å². The van der Waals surface area contributed by atoms with E-state index in [0.29, 0.717) is 24.9 Å². The fourth-order valence-corrected chi connectivity index (χ4v) is 5.08. The largest absolute Gasteiger partial charge is 0.480 e. The average Bonchev–Trinajstić information content (AvgIpc) is 3.46. The Hall–Kier alpha value is -5.64. The van der Waals surface area contributed by atoms with E-state index in [0.717, 1.165) is 16.5 Å². The Balaban J connectivity index is 1.81. The molecule has 1 heterocycles. The highest BCUT2D eigenvalue weighted by molar-refractivity contribution is 5.95. The minimum Gasteiger partial charge on any atom is -0.480 e. The van der Waals surface area contributed by atoms with E-state index in [2.05, 4.69) is 31.6 Å². The lowest BCUT2D eigenvalue weighted by Crippen LogP contribution is -2.58. The number of rotatable bonds is 19. The fourth-order valence-electron chi connectivity index (χ4n) is 5.08. The van der Waals surface area contributed by atoms with E-state index in [4.69, 9.17) is 28.0 Å². The van der Waals surface area contributed by atoms with Crippen LogP contribution in [0.2, 0.25) is 0 Å². The zero-order valence-electron chi connectivity index (χ0n) is 26.6. The molecular formula is C32H45N11O5. The van der Waals surface area contributed by atoms with Gasteiger partial charge in [-0.1, -0.05) is 48.5 Å². The lowest BCUT2D eigenvalue weighted by atomic mass is 10.0. The molecule has 15 N–H and O–H groups in total. The standard InChI is InChI=1S/C32H45N11O5/c33-22(11-6-14-38-31(34)35)27(44)42-25(17-20-18-40-23-12-5-4-10-21(20)23)29(46)41-24(13-7-15-39-32(36)37)28(45)43-26(30(47)48)16-19-8-2-1-3-9-19/h1-5,8-10,12,18,22,24-26,40H,6-7,11,13-17,33H2,(H,41,46)(H,42,44)(H,43,45)(H,47,48)(H4,34,35,38)(H4,36,37,39)/t22-,24-,25-,26-/m0/s1. The lowest BCUT2D eigenvalue weighted by Gasteiger charge is -2.25. The highest BCUT2D eigenvalue weighted by atomic mass is 16.4. The molecule has 4 atom stereocenters. The van der Waals surface area contributed by atoms with E-state index in [1.807, 2.05) is 24.3 Å². The summed E-state index contributed by atoms with van der Waals surface area (Å²) < 4.78 is 0. The lowest BCUT2D eigenvalue weighted by molar-refractivity contribution is -0.142. The summed E-state index contributed by atoms with van der Waals surface area (Å²) >= 11 is 0. The zero-order valence-corrected chi connectivity index (χ0v) is 26.6. The second kappa shape index (κ2) is 18.5. The van der Waals surface area contributed by atoms with Gasteiger partial charge in [-0.3, -0.25) is 25.2 Å². The third-order valence-corrected chi connectivity index (χ3v) is 7.59. The summed E-state index contributed by atoms with van der Waals surface area (Å²) in [4.78, 5) is 55.8. The van der Waals surface area contributed by atoms with E-state index in [9.17, 15) is 24.3 Å². The quantitative estimate of drug-likeness (QED) is 0.0437. The van der Waals surface area contributed by atoms with Crippen molar-refractivity contribution in [3.8, 4) is 0 Å². The van der Waals surface area contributed by atoms with E-state index in [-0.39, 0.29) is 44.1 Å². The molecule has 0 saturated heterocycles. The van der Waals surface area contributed by atoms with Gasteiger partial charge in [-0.05, 0) is 42.9 Å². The molecule has 2 aromatic carbocycles. The van der Waals surface area contributed by atoms with E-state index in [1.54, 1.807) is 36.5 Å². The second-order valence-corrected chi connectivity index (χ2v) is 11.3. The summed E-state index contributed by atoms with van der Waals surface area (Å²) in [7, 11) is 0. The molecule has 3 rings (SSSR count). The molecule has 48 heavy (non-hydrogen) atoms. The summed E-state index contributed by atoms with van der Waals surface area (Å²) in [5, 5.41) is 38.6. The van der Waals surface area contributed by atoms with Crippen molar-refractivity contribution in [2.24, 2.45) is 17.2 Å². The molecule has 0 spiro atoms. The van der Waals surface area contributed by atoms with Crippen molar-refractivity contribution in [1.29, 1.82) is 10.8 Å². The smallest absolute Gasteiger partial charge is 0.326 e. The Labute approximate surface area is 278 Å². The number of carboxylic acids is 1. The van der Waals surface area contributed by atoms with Crippen molar-refractivity contribution in [2.75, 3.05) is 13.1 Å². The van der Waals surface area contributed by atoms with Gasteiger partial charge in [0.05, 0.1) is 6.04 Å². The van der Waals surface area contributed by atoms with Crippen molar-refractivity contribution in [1.82, 2.24) is 31.6 Å². The first-order valence-electron chi connectivity index (χ1n) is 15.6. The molecule has 0 unspecified atom stereocenters. The first kappa shape index (κ1) is 36.8. The van der Waals surface area contributed by atoms with Crippen LogP contribution in [0.4, 0.5) is 0 Å². The fraction of sp³-hybridized carbons (Fsp3) is 0.375. The molecule has 0 saturated carbocycles. The van der Waals surface area contributed by atoms with Gasteiger partial charge in [0.15, 0.2) is 11.9 Å². The van der Waals surface area contributed by atoms with Gasteiger partial charge in [0.2, 0.25) is 17.7 Å². The highest BCUT2D eigenvalue weighted by Gasteiger charge is 2.31. The molecule has 0 radical (unpaired) electrons. The Bertz CT molecular complexity index is 1560. The number of nitrogens with one attached hydrogen (secondary N) is 8. The van der Waals surface area contributed by atoms with Gasteiger partial charge >= 0.3 is 5.97 Å². The third kappa shape index (κ3) is 11.9. The number of para-hydroxylation sites is 1. The van der Waals surface area contributed by atoms with Crippen molar-refractivity contribution in [3.05, 3.63) is 71.9 Å². The van der Waals surface area contributed by atoms with Crippen molar-refractivity contribution < 1.29 is 24.3 Å².